The number of rotatable bonds is 5. The van der Waals surface area contributed by atoms with Gasteiger partial charge in [0.15, 0.2) is 0 Å². The van der Waals surface area contributed by atoms with E-state index in [-0.39, 0.29) is 0 Å². The molecule has 20 heavy (non-hydrogen) atoms. The first-order valence-corrected chi connectivity index (χ1v) is 7.14. The van der Waals surface area contributed by atoms with Crippen LogP contribution in [0, 0.1) is 11.3 Å². The molecule has 1 aromatic rings. The van der Waals surface area contributed by atoms with Gasteiger partial charge in [0.05, 0.1) is 24.7 Å². The summed E-state index contributed by atoms with van der Waals surface area (Å²) in [6.07, 6.45) is 1.04. The van der Waals surface area contributed by atoms with Crippen LogP contribution in [-0.2, 0) is 11.2 Å². The molecule has 1 fully saturated rings. The van der Waals surface area contributed by atoms with Crippen molar-refractivity contribution < 1.29 is 9.47 Å². The maximum atomic E-state index is 8.62. The molecule has 0 amide bonds. The summed E-state index contributed by atoms with van der Waals surface area (Å²) in [4.78, 5) is 2.38. The summed E-state index contributed by atoms with van der Waals surface area (Å²) < 4.78 is 11.5. The van der Waals surface area contributed by atoms with E-state index in [2.05, 4.69) is 24.8 Å². The first-order chi connectivity index (χ1) is 9.67. The highest BCUT2D eigenvalue weighted by Crippen LogP contribution is 2.13. The Morgan fingerprint density at radius 1 is 1.25 bits per heavy atom. The van der Waals surface area contributed by atoms with Gasteiger partial charge in [0.1, 0.15) is 12.4 Å². The second kappa shape index (κ2) is 7.28. The van der Waals surface area contributed by atoms with Gasteiger partial charge in [-0.2, -0.15) is 5.26 Å². The highest BCUT2D eigenvalue weighted by molar-refractivity contribution is 5.28. The summed E-state index contributed by atoms with van der Waals surface area (Å²) in [5.41, 5.74) is 1.02. The first kappa shape index (κ1) is 14.8. The molecule has 1 saturated heterocycles. The van der Waals surface area contributed by atoms with E-state index in [9.17, 15) is 0 Å². The third-order valence-electron chi connectivity index (χ3n) is 3.38. The number of morpholine rings is 1. The van der Waals surface area contributed by atoms with Crippen molar-refractivity contribution in [3.05, 3.63) is 29.8 Å². The summed E-state index contributed by atoms with van der Waals surface area (Å²) in [7, 11) is 0. The van der Waals surface area contributed by atoms with Crippen LogP contribution in [0.2, 0.25) is 0 Å². The fourth-order valence-corrected chi connectivity index (χ4v) is 2.55. The van der Waals surface area contributed by atoms with Crippen molar-refractivity contribution in [1.29, 1.82) is 5.26 Å². The fourth-order valence-electron chi connectivity index (χ4n) is 2.55. The molecule has 108 valence electrons. The minimum absolute atomic E-state index is 0.295. The Kier molecular flexibility index (Phi) is 5.40. The highest BCUT2D eigenvalue weighted by atomic mass is 16.5. The maximum absolute atomic E-state index is 8.62. The Morgan fingerprint density at radius 3 is 2.50 bits per heavy atom. The number of hydrogen-bond donors (Lipinski definition) is 0. The summed E-state index contributed by atoms with van der Waals surface area (Å²) in [6.45, 7) is 7.74. The van der Waals surface area contributed by atoms with Crippen LogP contribution in [0.25, 0.3) is 0 Å². The van der Waals surface area contributed by atoms with Crippen LogP contribution in [0.3, 0.4) is 0 Å². The zero-order valence-corrected chi connectivity index (χ0v) is 12.2. The Hall–Kier alpha value is -1.57. The Morgan fingerprint density at radius 2 is 1.90 bits per heavy atom. The highest BCUT2D eigenvalue weighted by Gasteiger charge is 2.21. The minimum Gasteiger partial charge on any atom is -0.492 e. The third kappa shape index (κ3) is 4.52. The quantitative estimate of drug-likeness (QED) is 0.826. The number of ether oxygens (including phenoxy) is 2. The molecule has 4 heteroatoms. The van der Waals surface area contributed by atoms with Crippen molar-refractivity contribution in [2.75, 3.05) is 26.2 Å². The van der Waals surface area contributed by atoms with E-state index in [0.717, 1.165) is 30.9 Å². The SMILES string of the molecule is C[C@@H]1CN(CCOc2ccc(CC#N)cc2)C[C@H](C)O1. The first-order valence-electron chi connectivity index (χ1n) is 7.14. The van der Waals surface area contributed by atoms with Crippen molar-refractivity contribution in [3.63, 3.8) is 0 Å². The average Bonchev–Trinajstić information content (AvgIpc) is 2.40. The Labute approximate surface area is 120 Å². The second-order valence-corrected chi connectivity index (χ2v) is 5.34. The van der Waals surface area contributed by atoms with E-state index in [1.54, 1.807) is 0 Å². The topological polar surface area (TPSA) is 45.5 Å². The number of nitrogens with zero attached hydrogens (tertiary/aromatic N) is 2. The van der Waals surface area contributed by atoms with Gasteiger partial charge in [-0.05, 0) is 31.5 Å². The van der Waals surface area contributed by atoms with Gasteiger partial charge in [-0.15, -0.1) is 0 Å². The molecule has 2 rings (SSSR count). The lowest BCUT2D eigenvalue weighted by atomic mass is 10.2. The van der Waals surface area contributed by atoms with Gasteiger partial charge in [-0.3, -0.25) is 4.90 Å². The van der Waals surface area contributed by atoms with Crippen LogP contribution in [-0.4, -0.2) is 43.3 Å². The molecule has 0 unspecified atom stereocenters. The number of benzene rings is 1. The summed E-state index contributed by atoms with van der Waals surface area (Å²) in [5.74, 6) is 0.862. The molecule has 2 atom stereocenters. The standard InChI is InChI=1S/C16H22N2O2/c1-13-11-18(12-14(2)20-13)9-10-19-16-5-3-15(4-6-16)7-8-17/h3-6,13-14H,7,9-12H2,1-2H3/t13-,14+. The van der Waals surface area contributed by atoms with Crippen LogP contribution in [0.5, 0.6) is 5.75 Å². The van der Waals surface area contributed by atoms with Gasteiger partial charge in [-0.1, -0.05) is 12.1 Å². The smallest absolute Gasteiger partial charge is 0.119 e. The van der Waals surface area contributed by atoms with E-state index in [1.807, 2.05) is 24.3 Å². The Bertz CT molecular complexity index is 443. The lowest BCUT2D eigenvalue weighted by Gasteiger charge is -2.35. The monoisotopic (exact) mass is 274 g/mol. The lowest BCUT2D eigenvalue weighted by Crippen LogP contribution is -2.46. The second-order valence-electron chi connectivity index (χ2n) is 5.34. The van der Waals surface area contributed by atoms with Crippen LogP contribution in [0.4, 0.5) is 0 Å². The van der Waals surface area contributed by atoms with E-state index in [4.69, 9.17) is 14.7 Å². The summed E-state index contributed by atoms with van der Waals surface area (Å²) in [5, 5.41) is 8.62. The number of hydrogen-bond acceptors (Lipinski definition) is 4. The third-order valence-corrected chi connectivity index (χ3v) is 3.38. The lowest BCUT2D eigenvalue weighted by molar-refractivity contribution is -0.0699. The van der Waals surface area contributed by atoms with Crippen molar-refractivity contribution >= 4 is 0 Å². The molecule has 0 aromatic heterocycles. The van der Waals surface area contributed by atoms with E-state index in [0.29, 0.717) is 25.2 Å². The van der Waals surface area contributed by atoms with Crippen LogP contribution in [0.15, 0.2) is 24.3 Å². The minimum atomic E-state index is 0.295. The zero-order chi connectivity index (χ0) is 14.4. The van der Waals surface area contributed by atoms with E-state index in [1.165, 1.54) is 0 Å². The number of nitriles is 1. The molecule has 0 radical (unpaired) electrons. The molecule has 1 aromatic carbocycles. The van der Waals surface area contributed by atoms with Crippen LogP contribution in [0.1, 0.15) is 19.4 Å². The van der Waals surface area contributed by atoms with Crippen LogP contribution >= 0.6 is 0 Å². The Balaban J connectivity index is 1.74. The largest absolute Gasteiger partial charge is 0.492 e. The van der Waals surface area contributed by atoms with Gasteiger partial charge in [-0.25, -0.2) is 0 Å². The van der Waals surface area contributed by atoms with Gasteiger partial charge in [0.25, 0.3) is 0 Å². The molecular formula is C16H22N2O2. The summed E-state index contributed by atoms with van der Waals surface area (Å²) in [6, 6.07) is 9.88. The molecule has 4 nitrogen and oxygen atoms in total. The molecule has 0 saturated carbocycles. The zero-order valence-electron chi connectivity index (χ0n) is 12.2. The molecule has 0 aliphatic carbocycles. The predicted molar refractivity (Wildman–Crippen MR) is 77.7 cm³/mol. The molecular weight excluding hydrogens is 252 g/mol. The van der Waals surface area contributed by atoms with E-state index >= 15 is 0 Å². The molecule has 0 N–H and O–H groups in total. The van der Waals surface area contributed by atoms with Gasteiger partial charge < -0.3 is 9.47 Å². The molecule has 1 aliphatic rings. The van der Waals surface area contributed by atoms with Crippen LogP contribution < -0.4 is 4.74 Å². The van der Waals surface area contributed by atoms with Gasteiger partial charge in [0, 0.05) is 19.6 Å². The summed E-state index contributed by atoms with van der Waals surface area (Å²) >= 11 is 0. The van der Waals surface area contributed by atoms with Crippen molar-refractivity contribution in [2.45, 2.75) is 32.5 Å². The van der Waals surface area contributed by atoms with Gasteiger partial charge >= 0.3 is 0 Å². The fraction of sp³-hybridized carbons (Fsp3) is 0.562. The van der Waals surface area contributed by atoms with Crippen molar-refractivity contribution in [1.82, 2.24) is 4.90 Å². The molecule has 0 spiro atoms. The normalized spacial score (nSPS) is 23.2. The van der Waals surface area contributed by atoms with Crippen molar-refractivity contribution in [3.8, 4) is 11.8 Å². The van der Waals surface area contributed by atoms with Crippen molar-refractivity contribution in [2.24, 2.45) is 0 Å². The van der Waals surface area contributed by atoms with E-state index < -0.39 is 0 Å². The maximum Gasteiger partial charge on any atom is 0.119 e. The average molecular weight is 274 g/mol. The molecule has 0 bridgehead atoms. The van der Waals surface area contributed by atoms with Gasteiger partial charge in [0.2, 0.25) is 0 Å². The predicted octanol–water partition coefficient (Wildman–Crippen LogP) is 2.24. The molecule has 1 aliphatic heterocycles. The molecule has 1 heterocycles.